The first-order valence-electron chi connectivity index (χ1n) is 7.85. The van der Waals surface area contributed by atoms with Crippen molar-refractivity contribution in [1.29, 1.82) is 0 Å². The van der Waals surface area contributed by atoms with Crippen LogP contribution in [0, 0.1) is 21.8 Å². The van der Waals surface area contributed by atoms with Gasteiger partial charge in [-0.25, -0.2) is 4.39 Å². The Morgan fingerprint density at radius 3 is 2.78 bits per heavy atom. The Morgan fingerprint density at radius 1 is 1.43 bits per heavy atom. The Balaban J connectivity index is 1.92. The van der Waals surface area contributed by atoms with E-state index in [0.29, 0.717) is 12.5 Å². The van der Waals surface area contributed by atoms with Gasteiger partial charge in [0.2, 0.25) is 5.75 Å². The summed E-state index contributed by atoms with van der Waals surface area (Å²) < 4.78 is 18.5. The molecule has 1 saturated carbocycles. The number of nitrogens with zero attached hydrogens (tertiary/aromatic N) is 1. The number of halogens is 1. The van der Waals surface area contributed by atoms with Gasteiger partial charge in [0.15, 0.2) is 6.10 Å². The highest BCUT2D eigenvalue weighted by atomic mass is 19.1. The van der Waals surface area contributed by atoms with E-state index in [1.165, 1.54) is 26.2 Å². The summed E-state index contributed by atoms with van der Waals surface area (Å²) in [6.45, 7) is 2.07. The van der Waals surface area contributed by atoms with Crippen molar-refractivity contribution in [2.24, 2.45) is 5.92 Å². The molecule has 0 heterocycles. The molecule has 1 aliphatic carbocycles. The normalized spacial score (nSPS) is 16.6. The fourth-order valence-corrected chi connectivity index (χ4v) is 2.76. The lowest BCUT2D eigenvalue weighted by Gasteiger charge is -2.22. The van der Waals surface area contributed by atoms with Crippen molar-refractivity contribution in [2.75, 3.05) is 6.54 Å². The van der Waals surface area contributed by atoms with Crippen molar-refractivity contribution in [3.05, 3.63) is 34.1 Å². The number of nitro benzene ring substituents is 1. The van der Waals surface area contributed by atoms with Crippen molar-refractivity contribution < 1.29 is 18.8 Å². The Bertz CT molecular complexity index is 573. The Hall–Kier alpha value is -2.18. The number of carbonyl (C=O) groups excluding carboxylic acids is 1. The van der Waals surface area contributed by atoms with Crippen molar-refractivity contribution in [3.8, 4) is 5.75 Å². The topological polar surface area (TPSA) is 81.5 Å². The van der Waals surface area contributed by atoms with Crippen LogP contribution in [0.15, 0.2) is 18.2 Å². The molecule has 1 aromatic carbocycles. The van der Waals surface area contributed by atoms with Crippen LogP contribution >= 0.6 is 0 Å². The average molecular weight is 324 g/mol. The molecule has 2 rings (SSSR count). The summed E-state index contributed by atoms with van der Waals surface area (Å²) in [5, 5.41) is 13.7. The molecule has 1 amide bonds. The number of nitro groups is 1. The summed E-state index contributed by atoms with van der Waals surface area (Å²) >= 11 is 0. The van der Waals surface area contributed by atoms with Crippen LogP contribution in [0.2, 0.25) is 0 Å². The van der Waals surface area contributed by atoms with Gasteiger partial charge in [-0.1, -0.05) is 19.3 Å². The highest BCUT2D eigenvalue weighted by molar-refractivity contribution is 5.80. The van der Waals surface area contributed by atoms with E-state index in [9.17, 15) is 19.3 Å². The molecule has 126 valence electrons. The van der Waals surface area contributed by atoms with Gasteiger partial charge in [0.25, 0.3) is 5.91 Å². The lowest BCUT2D eigenvalue weighted by molar-refractivity contribution is -0.386. The molecule has 1 N–H and O–H groups in total. The molecular weight excluding hydrogens is 303 g/mol. The van der Waals surface area contributed by atoms with E-state index < -0.39 is 16.8 Å². The fourth-order valence-electron chi connectivity index (χ4n) is 2.76. The average Bonchev–Trinajstić information content (AvgIpc) is 2.53. The zero-order chi connectivity index (χ0) is 16.8. The van der Waals surface area contributed by atoms with Gasteiger partial charge in [-0.3, -0.25) is 14.9 Å². The molecule has 23 heavy (non-hydrogen) atoms. The van der Waals surface area contributed by atoms with Gasteiger partial charge >= 0.3 is 5.69 Å². The molecule has 0 radical (unpaired) electrons. The van der Waals surface area contributed by atoms with Crippen molar-refractivity contribution >= 4 is 11.6 Å². The lowest BCUT2D eigenvalue weighted by Crippen LogP contribution is -2.39. The summed E-state index contributed by atoms with van der Waals surface area (Å²) in [6.07, 6.45) is 4.88. The number of carbonyl (C=O) groups is 1. The number of hydrogen-bond donors (Lipinski definition) is 1. The van der Waals surface area contributed by atoms with E-state index in [1.54, 1.807) is 0 Å². The molecule has 0 unspecified atom stereocenters. The maximum absolute atomic E-state index is 13.2. The molecule has 1 aromatic rings. The van der Waals surface area contributed by atoms with Crippen LogP contribution in [0.1, 0.15) is 39.0 Å². The smallest absolute Gasteiger partial charge is 0.311 e. The third kappa shape index (κ3) is 4.91. The summed E-state index contributed by atoms with van der Waals surface area (Å²) in [7, 11) is 0. The van der Waals surface area contributed by atoms with Gasteiger partial charge in [0.1, 0.15) is 5.82 Å². The Labute approximate surface area is 134 Å². The molecule has 0 saturated heterocycles. The molecular formula is C16H21FN2O4. The minimum absolute atomic E-state index is 0.240. The van der Waals surface area contributed by atoms with Gasteiger partial charge in [0.05, 0.1) is 4.92 Å². The van der Waals surface area contributed by atoms with Gasteiger partial charge < -0.3 is 10.1 Å². The first kappa shape index (κ1) is 17.2. The monoisotopic (exact) mass is 324 g/mol. The van der Waals surface area contributed by atoms with Crippen LogP contribution in [0.3, 0.4) is 0 Å². The number of amides is 1. The number of ether oxygens (including phenoxy) is 1. The third-order valence-electron chi connectivity index (χ3n) is 4.08. The van der Waals surface area contributed by atoms with E-state index in [-0.39, 0.29) is 17.3 Å². The summed E-state index contributed by atoms with van der Waals surface area (Å²) in [5.41, 5.74) is -0.363. The van der Waals surface area contributed by atoms with E-state index in [4.69, 9.17) is 4.74 Å². The van der Waals surface area contributed by atoms with E-state index in [0.717, 1.165) is 31.0 Å². The van der Waals surface area contributed by atoms with Gasteiger partial charge in [-0.15, -0.1) is 0 Å². The Morgan fingerprint density at radius 2 is 2.13 bits per heavy atom. The summed E-state index contributed by atoms with van der Waals surface area (Å²) in [6, 6.07) is 2.93. The summed E-state index contributed by atoms with van der Waals surface area (Å²) in [5.74, 6) is -0.770. The minimum Gasteiger partial charge on any atom is -0.474 e. The van der Waals surface area contributed by atoms with Crippen molar-refractivity contribution in [2.45, 2.75) is 45.1 Å². The number of rotatable bonds is 6. The predicted octanol–water partition coefficient (Wildman–Crippen LogP) is 3.20. The summed E-state index contributed by atoms with van der Waals surface area (Å²) in [4.78, 5) is 22.3. The maximum Gasteiger partial charge on any atom is 0.311 e. The van der Waals surface area contributed by atoms with E-state index in [2.05, 4.69) is 5.32 Å². The molecule has 1 aliphatic rings. The minimum atomic E-state index is -0.931. The molecule has 0 spiro atoms. The van der Waals surface area contributed by atoms with Gasteiger partial charge in [-0.05, 0) is 31.7 Å². The second kappa shape index (κ2) is 7.89. The zero-order valence-corrected chi connectivity index (χ0v) is 13.1. The second-order valence-corrected chi connectivity index (χ2v) is 5.88. The number of benzene rings is 1. The van der Waals surface area contributed by atoms with Crippen LogP contribution in [0.4, 0.5) is 10.1 Å². The van der Waals surface area contributed by atoms with Gasteiger partial charge in [0, 0.05) is 18.7 Å². The second-order valence-electron chi connectivity index (χ2n) is 5.88. The molecule has 6 nitrogen and oxygen atoms in total. The van der Waals surface area contributed by atoms with Crippen LogP contribution in [0.25, 0.3) is 0 Å². The lowest BCUT2D eigenvalue weighted by atomic mass is 9.89. The van der Waals surface area contributed by atoms with Crippen LogP contribution in [0.5, 0.6) is 5.75 Å². The van der Waals surface area contributed by atoms with Gasteiger partial charge in [-0.2, -0.15) is 0 Å². The highest BCUT2D eigenvalue weighted by Crippen LogP contribution is 2.28. The largest absolute Gasteiger partial charge is 0.474 e. The number of nitrogens with one attached hydrogen (secondary N) is 1. The quantitative estimate of drug-likeness (QED) is 0.643. The predicted molar refractivity (Wildman–Crippen MR) is 82.7 cm³/mol. The van der Waals surface area contributed by atoms with Crippen molar-refractivity contribution in [1.82, 2.24) is 5.32 Å². The first-order chi connectivity index (χ1) is 11.0. The van der Waals surface area contributed by atoms with E-state index >= 15 is 0 Å². The van der Waals surface area contributed by atoms with Crippen LogP contribution in [-0.4, -0.2) is 23.5 Å². The number of hydrogen-bond acceptors (Lipinski definition) is 4. The maximum atomic E-state index is 13.2. The molecule has 0 aromatic heterocycles. The van der Waals surface area contributed by atoms with Crippen LogP contribution < -0.4 is 10.1 Å². The molecule has 1 atom stereocenters. The molecule has 0 aliphatic heterocycles. The SMILES string of the molecule is C[C@@H](Oc1cc(F)ccc1[N+](=O)[O-])C(=O)NCC1CCCCC1. The third-order valence-corrected chi connectivity index (χ3v) is 4.08. The Kier molecular flexibility index (Phi) is 5.90. The highest BCUT2D eigenvalue weighted by Gasteiger charge is 2.22. The molecule has 7 heteroatoms. The molecule has 1 fully saturated rings. The molecule has 0 bridgehead atoms. The van der Waals surface area contributed by atoms with E-state index in [1.807, 2.05) is 0 Å². The first-order valence-corrected chi connectivity index (χ1v) is 7.85. The standard InChI is InChI=1S/C16H21FN2O4/c1-11(16(20)18-10-12-5-3-2-4-6-12)23-15-9-13(17)7-8-14(15)19(21)22/h7-9,11-12H,2-6,10H2,1H3,(H,18,20)/t11-/m1/s1. The fraction of sp³-hybridized carbons (Fsp3) is 0.562. The zero-order valence-electron chi connectivity index (χ0n) is 13.1. The van der Waals surface area contributed by atoms with Crippen LogP contribution in [-0.2, 0) is 4.79 Å². The van der Waals surface area contributed by atoms with Crippen molar-refractivity contribution in [3.63, 3.8) is 0 Å².